The topological polar surface area (TPSA) is 26.3 Å². The Hall–Kier alpha value is -0.960. The molecule has 0 aliphatic carbocycles. The van der Waals surface area contributed by atoms with Gasteiger partial charge in [0.15, 0.2) is 0 Å². The summed E-state index contributed by atoms with van der Waals surface area (Å²) in [7, 11) is 0. The molecule has 0 radical (unpaired) electrons. The third kappa shape index (κ3) is 2.77. The molecule has 0 spiro atoms. The van der Waals surface area contributed by atoms with E-state index in [4.69, 9.17) is 4.74 Å². The van der Waals surface area contributed by atoms with Crippen molar-refractivity contribution in [1.29, 1.82) is 0 Å². The van der Waals surface area contributed by atoms with Crippen LogP contribution >= 0.6 is 12.6 Å². The largest absolute Gasteiger partial charge is 0.462 e. The normalized spacial score (nSPS) is 9.69. The first-order valence-electron chi connectivity index (χ1n) is 4.20. The zero-order valence-corrected chi connectivity index (χ0v) is 8.38. The lowest BCUT2D eigenvalue weighted by Crippen LogP contribution is -2.06. The third-order valence-electron chi connectivity index (χ3n) is 1.56. The lowest BCUT2D eigenvalue weighted by atomic mass is 10.2. The summed E-state index contributed by atoms with van der Waals surface area (Å²) in [4.78, 5) is 12.0. The van der Waals surface area contributed by atoms with Crippen molar-refractivity contribution < 1.29 is 9.53 Å². The summed E-state index contributed by atoms with van der Waals surface area (Å²) in [5, 5.41) is 0. The molecule has 13 heavy (non-hydrogen) atoms. The van der Waals surface area contributed by atoms with Crippen LogP contribution in [0.4, 0.5) is 0 Å². The SMILES string of the molecule is CCCOC(=O)c1ccccc1S. The van der Waals surface area contributed by atoms with Gasteiger partial charge in [0.2, 0.25) is 0 Å². The van der Waals surface area contributed by atoms with Crippen LogP contribution in [0.5, 0.6) is 0 Å². The number of benzene rings is 1. The Morgan fingerprint density at radius 2 is 2.15 bits per heavy atom. The minimum Gasteiger partial charge on any atom is -0.462 e. The van der Waals surface area contributed by atoms with Gasteiger partial charge in [0.1, 0.15) is 0 Å². The van der Waals surface area contributed by atoms with Gasteiger partial charge in [-0.15, -0.1) is 12.6 Å². The molecule has 0 unspecified atom stereocenters. The fourth-order valence-electron chi connectivity index (χ4n) is 0.919. The second-order valence-electron chi connectivity index (χ2n) is 2.65. The van der Waals surface area contributed by atoms with Gasteiger partial charge >= 0.3 is 5.97 Å². The molecule has 2 nitrogen and oxygen atoms in total. The fourth-order valence-corrected chi connectivity index (χ4v) is 1.17. The van der Waals surface area contributed by atoms with E-state index in [1.807, 2.05) is 13.0 Å². The van der Waals surface area contributed by atoms with Crippen LogP contribution < -0.4 is 0 Å². The summed E-state index contributed by atoms with van der Waals surface area (Å²) in [6.07, 6.45) is 0.834. The lowest BCUT2D eigenvalue weighted by molar-refractivity contribution is 0.0501. The highest BCUT2D eigenvalue weighted by Gasteiger charge is 2.08. The summed E-state index contributed by atoms with van der Waals surface area (Å²) in [6, 6.07) is 7.10. The van der Waals surface area contributed by atoms with Gasteiger partial charge in [-0.1, -0.05) is 19.1 Å². The van der Waals surface area contributed by atoms with Crippen molar-refractivity contribution in [3.05, 3.63) is 29.8 Å². The second-order valence-corrected chi connectivity index (χ2v) is 3.13. The molecule has 0 fully saturated rings. The fraction of sp³-hybridized carbons (Fsp3) is 0.300. The molecule has 0 heterocycles. The van der Waals surface area contributed by atoms with Gasteiger partial charge in [0.05, 0.1) is 12.2 Å². The summed E-state index contributed by atoms with van der Waals surface area (Å²) in [6.45, 7) is 2.42. The van der Waals surface area contributed by atoms with Crippen molar-refractivity contribution in [3.63, 3.8) is 0 Å². The molecule has 0 N–H and O–H groups in total. The van der Waals surface area contributed by atoms with Crippen LogP contribution in [0.2, 0.25) is 0 Å². The number of esters is 1. The Kier molecular flexibility index (Phi) is 3.83. The van der Waals surface area contributed by atoms with Crippen molar-refractivity contribution in [1.82, 2.24) is 0 Å². The molecular weight excluding hydrogens is 184 g/mol. The Morgan fingerprint density at radius 1 is 1.46 bits per heavy atom. The smallest absolute Gasteiger partial charge is 0.339 e. The van der Waals surface area contributed by atoms with Crippen molar-refractivity contribution in [2.75, 3.05) is 6.61 Å². The van der Waals surface area contributed by atoms with Crippen LogP contribution in [0, 0.1) is 0 Å². The van der Waals surface area contributed by atoms with Gasteiger partial charge in [0.25, 0.3) is 0 Å². The average Bonchev–Trinajstić information content (AvgIpc) is 2.15. The molecule has 1 aromatic carbocycles. The zero-order chi connectivity index (χ0) is 9.68. The van der Waals surface area contributed by atoms with Crippen molar-refractivity contribution in [2.45, 2.75) is 18.2 Å². The third-order valence-corrected chi connectivity index (χ3v) is 1.95. The first kappa shape index (κ1) is 10.1. The predicted molar refractivity (Wildman–Crippen MR) is 54.3 cm³/mol. The molecule has 0 aliphatic rings. The number of hydrogen-bond acceptors (Lipinski definition) is 3. The molecule has 0 amide bonds. The van der Waals surface area contributed by atoms with Crippen LogP contribution in [-0.2, 0) is 4.74 Å². The minimum atomic E-state index is -0.299. The van der Waals surface area contributed by atoms with E-state index in [0.717, 1.165) is 6.42 Å². The molecule has 1 rings (SSSR count). The van der Waals surface area contributed by atoms with Crippen LogP contribution in [0.15, 0.2) is 29.2 Å². The highest BCUT2D eigenvalue weighted by atomic mass is 32.1. The lowest BCUT2D eigenvalue weighted by Gasteiger charge is -2.04. The Morgan fingerprint density at radius 3 is 2.77 bits per heavy atom. The summed E-state index contributed by atoms with van der Waals surface area (Å²) < 4.78 is 4.97. The Balaban J connectivity index is 2.71. The first-order valence-corrected chi connectivity index (χ1v) is 4.65. The van der Waals surface area contributed by atoms with Gasteiger partial charge < -0.3 is 4.74 Å². The summed E-state index contributed by atoms with van der Waals surface area (Å²) in [5.41, 5.74) is 0.527. The Bertz CT molecular complexity index is 297. The standard InChI is InChI=1S/C10H12O2S/c1-2-7-12-10(11)8-5-3-4-6-9(8)13/h3-6,13H,2,7H2,1H3. The van der Waals surface area contributed by atoms with Crippen LogP contribution in [-0.4, -0.2) is 12.6 Å². The highest BCUT2D eigenvalue weighted by Crippen LogP contribution is 2.13. The number of rotatable bonds is 3. The van der Waals surface area contributed by atoms with Crippen molar-refractivity contribution in [2.24, 2.45) is 0 Å². The molecule has 0 aromatic heterocycles. The molecule has 0 aliphatic heterocycles. The van der Waals surface area contributed by atoms with Crippen molar-refractivity contribution in [3.8, 4) is 0 Å². The first-order chi connectivity index (χ1) is 6.25. The molecule has 3 heteroatoms. The van der Waals surface area contributed by atoms with E-state index in [1.54, 1.807) is 18.2 Å². The number of thiol groups is 1. The van der Waals surface area contributed by atoms with Crippen LogP contribution in [0.25, 0.3) is 0 Å². The van der Waals surface area contributed by atoms with E-state index in [0.29, 0.717) is 17.1 Å². The van der Waals surface area contributed by atoms with Gasteiger partial charge in [-0.3, -0.25) is 0 Å². The quantitative estimate of drug-likeness (QED) is 0.594. The molecule has 0 atom stereocenters. The average molecular weight is 196 g/mol. The van der Waals surface area contributed by atoms with E-state index in [-0.39, 0.29) is 5.97 Å². The van der Waals surface area contributed by atoms with E-state index >= 15 is 0 Å². The molecule has 0 saturated heterocycles. The monoisotopic (exact) mass is 196 g/mol. The Labute approximate surface area is 83.3 Å². The van der Waals surface area contributed by atoms with E-state index in [9.17, 15) is 4.79 Å². The highest BCUT2D eigenvalue weighted by molar-refractivity contribution is 7.80. The summed E-state index contributed by atoms with van der Waals surface area (Å²) in [5.74, 6) is -0.299. The molecule has 0 bridgehead atoms. The molecule has 70 valence electrons. The van der Waals surface area contributed by atoms with Gasteiger partial charge in [-0.05, 0) is 18.6 Å². The van der Waals surface area contributed by atoms with Crippen molar-refractivity contribution >= 4 is 18.6 Å². The molecule has 1 aromatic rings. The second kappa shape index (κ2) is 4.92. The zero-order valence-electron chi connectivity index (χ0n) is 7.49. The van der Waals surface area contributed by atoms with E-state index in [1.165, 1.54) is 0 Å². The maximum Gasteiger partial charge on any atom is 0.339 e. The van der Waals surface area contributed by atoms with Gasteiger partial charge in [-0.25, -0.2) is 4.79 Å². The van der Waals surface area contributed by atoms with Gasteiger partial charge in [0, 0.05) is 4.90 Å². The number of carbonyl (C=O) groups excluding carboxylic acids is 1. The molecule has 0 saturated carbocycles. The predicted octanol–water partition coefficient (Wildman–Crippen LogP) is 2.54. The maximum atomic E-state index is 11.4. The number of ether oxygens (including phenoxy) is 1. The van der Waals surface area contributed by atoms with E-state index in [2.05, 4.69) is 12.6 Å². The van der Waals surface area contributed by atoms with Gasteiger partial charge in [-0.2, -0.15) is 0 Å². The molecular formula is C10H12O2S. The van der Waals surface area contributed by atoms with Crippen LogP contribution in [0.3, 0.4) is 0 Å². The van der Waals surface area contributed by atoms with E-state index < -0.39 is 0 Å². The maximum absolute atomic E-state index is 11.4. The number of hydrogen-bond donors (Lipinski definition) is 1. The number of carbonyl (C=O) groups is 1. The minimum absolute atomic E-state index is 0.299. The summed E-state index contributed by atoms with van der Waals surface area (Å²) >= 11 is 4.16. The van der Waals surface area contributed by atoms with Crippen LogP contribution in [0.1, 0.15) is 23.7 Å².